The Morgan fingerprint density at radius 3 is 2.29 bits per heavy atom. The predicted molar refractivity (Wildman–Crippen MR) is 58.4 cm³/mol. The summed E-state index contributed by atoms with van der Waals surface area (Å²) in [7, 11) is 0. The van der Waals surface area contributed by atoms with Gasteiger partial charge in [-0.25, -0.2) is 0 Å². The van der Waals surface area contributed by atoms with Gasteiger partial charge < -0.3 is 10.4 Å². The first kappa shape index (κ1) is 16.2. The molecule has 0 aliphatic rings. The van der Waals surface area contributed by atoms with Crippen molar-refractivity contribution in [3.8, 4) is 0 Å². The van der Waals surface area contributed by atoms with E-state index in [0.717, 1.165) is 0 Å². The van der Waals surface area contributed by atoms with Gasteiger partial charge in [0, 0.05) is 13.0 Å². The minimum absolute atomic E-state index is 0.0259. The molecule has 1 amide bonds. The van der Waals surface area contributed by atoms with Crippen molar-refractivity contribution in [2.24, 2.45) is 5.92 Å². The Morgan fingerprint density at radius 1 is 1.35 bits per heavy atom. The first-order valence-electron chi connectivity index (χ1n) is 5.58. The van der Waals surface area contributed by atoms with Gasteiger partial charge in [-0.05, 0) is 19.3 Å². The third kappa shape index (κ3) is 10.1. The van der Waals surface area contributed by atoms with Crippen molar-refractivity contribution in [1.29, 1.82) is 0 Å². The van der Waals surface area contributed by atoms with Crippen LogP contribution >= 0.6 is 0 Å². The highest BCUT2D eigenvalue weighted by Crippen LogP contribution is 2.21. The van der Waals surface area contributed by atoms with E-state index >= 15 is 0 Å². The zero-order valence-electron chi connectivity index (χ0n) is 10.4. The molecule has 102 valence electrons. The molecule has 0 aromatic carbocycles. The van der Waals surface area contributed by atoms with Crippen LogP contribution in [-0.4, -0.2) is 29.3 Å². The number of carbonyl (C=O) groups is 1. The number of rotatable bonds is 6. The summed E-state index contributed by atoms with van der Waals surface area (Å²) in [4.78, 5) is 11.1. The molecule has 3 nitrogen and oxygen atoms in total. The second-order valence-electron chi connectivity index (χ2n) is 4.99. The van der Waals surface area contributed by atoms with Crippen molar-refractivity contribution in [2.45, 2.75) is 51.8 Å². The monoisotopic (exact) mass is 255 g/mol. The van der Waals surface area contributed by atoms with E-state index in [2.05, 4.69) is 5.32 Å². The Morgan fingerprint density at radius 2 is 1.88 bits per heavy atom. The topological polar surface area (TPSA) is 49.3 Å². The Bertz CT molecular complexity index is 250. The Labute approximate surface area is 99.4 Å². The maximum Gasteiger partial charge on any atom is 0.389 e. The molecule has 1 unspecified atom stereocenters. The first-order valence-corrected chi connectivity index (χ1v) is 5.58. The lowest BCUT2D eigenvalue weighted by molar-refractivity contribution is -0.144. The van der Waals surface area contributed by atoms with Gasteiger partial charge in [0.05, 0.1) is 12.0 Å². The van der Waals surface area contributed by atoms with Crippen LogP contribution < -0.4 is 5.32 Å². The number of amides is 1. The summed E-state index contributed by atoms with van der Waals surface area (Å²) >= 11 is 0. The number of alkyl halides is 3. The van der Waals surface area contributed by atoms with Crippen molar-refractivity contribution in [3.63, 3.8) is 0 Å². The molecule has 0 spiro atoms. The molecule has 0 aliphatic heterocycles. The zero-order valence-corrected chi connectivity index (χ0v) is 10.4. The summed E-state index contributed by atoms with van der Waals surface area (Å²) in [5, 5.41) is 12.1. The van der Waals surface area contributed by atoms with Crippen molar-refractivity contribution in [1.82, 2.24) is 5.32 Å². The predicted octanol–water partition coefficient (Wildman–Crippen LogP) is 2.24. The SMILES string of the molecule is CC(C)CC(C)(O)CNC(=O)CCC(F)(F)F. The molecule has 0 bridgehead atoms. The number of hydrogen-bond acceptors (Lipinski definition) is 2. The van der Waals surface area contributed by atoms with Gasteiger partial charge in [-0.1, -0.05) is 13.8 Å². The molecule has 0 radical (unpaired) electrons. The van der Waals surface area contributed by atoms with Crippen LogP contribution in [0.25, 0.3) is 0 Å². The minimum atomic E-state index is -4.32. The van der Waals surface area contributed by atoms with E-state index in [4.69, 9.17) is 0 Å². The molecule has 0 fully saturated rings. The fourth-order valence-corrected chi connectivity index (χ4v) is 1.58. The second-order valence-corrected chi connectivity index (χ2v) is 4.99. The van der Waals surface area contributed by atoms with Crippen molar-refractivity contribution >= 4 is 5.91 Å². The Kier molecular flexibility index (Phi) is 5.95. The van der Waals surface area contributed by atoms with Gasteiger partial charge in [0.15, 0.2) is 0 Å². The van der Waals surface area contributed by atoms with E-state index in [0.29, 0.717) is 6.42 Å². The molecule has 0 saturated heterocycles. The summed E-state index contributed by atoms with van der Waals surface area (Å²) < 4.78 is 35.5. The van der Waals surface area contributed by atoms with E-state index < -0.39 is 30.5 Å². The molecule has 0 saturated carbocycles. The molecule has 1 atom stereocenters. The molecule has 2 N–H and O–H groups in total. The lowest BCUT2D eigenvalue weighted by Crippen LogP contribution is -2.41. The van der Waals surface area contributed by atoms with E-state index in [1.807, 2.05) is 13.8 Å². The molecular formula is C11H20F3NO2. The summed E-state index contributed by atoms with van der Waals surface area (Å²) in [5.41, 5.74) is -1.08. The van der Waals surface area contributed by atoms with Crippen LogP contribution in [0.2, 0.25) is 0 Å². The largest absolute Gasteiger partial charge is 0.389 e. The van der Waals surface area contributed by atoms with Crippen LogP contribution in [0.5, 0.6) is 0 Å². The molecule has 0 heterocycles. The average molecular weight is 255 g/mol. The van der Waals surface area contributed by atoms with Gasteiger partial charge in [0.1, 0.15) is 0 Å². The van der Waals surface area contributed by atoms with Gasteiger partial charge in [-0.2, -0.15) is 13.2 Å². The third-order valence-corrected chi connectivity index (χ3v) is 2.15. The molecule has 6 heteroatoms. The number of carbonyl (C=O) groups excluding carboxylic acids is 1. The normalized spacial score (nSPS) is 15.8. The van der Waals surface area contributed by atoms with Crippen LogP contribution in [-0.2, 0) is 4.79 Å². The molecular weight excluding hydrogens is 235 g/mol. The van der Waals surface area contributed by atoms with Gasteiger partial charge in [-0.3, -0.25) is 4.79 Å². The summed E-state index contributed by atoms with van der Waals surface area (Å²) in [5.74, 6) is -0.441. The fraction of sp³-hybridized carbons (Fsp3) is 0.909. The summed E-state index contributed by atoms with van der Waals surface area (Å²) in [6.45, 7) is 5.36. The van der Waals surface area contributed by atoms with Crippen molar-refractivity contribution in [2.75, 3.05) is 6.54 Å². The maximum atomic E-state index is 11.8. The quantitative estimate of drug-likeness (QED) is 0.764. The number of aliphatic hydroxyl groups is 1. The number of nitrogens with one attached hydrogen (secondary N) is 1. The molecule has 0 aliphatic carbocycles. The van der Waals surface area contributed by atoms with Crippen LogP contribution in [0.1, 0.15) is 40.0 Å². The van der Waals surface area contributed by atoms with E-state index in [-0.39, 0.29) is 12.5 Å². The first-order chi connectivity index (χ1) is 7.52. The van der Waals surface area contributed by atoms with Crippen LogP contribution in [0, 0.1) is 5.92 Å². The van der Waals surface area contributed by atoms with Crippen LogP contribution in [0.15, 0.2) is 0 Å². The second kappa shape index (κ2) is 6.23. The van der Waals surface area contributed by atoms with Gasteiger partial charge in [0.2, 0.25) is 5.91 Å². The molecule has 17 heavy (non-hydrogen) atoms. The van der Waals surface area contributed by atoms with Crippen molar-refractivity contribution in [3.05, 3.63) is 0 Å². The highest BCUT2D eigenvalue weighted by molar-refractivity contribution is 5.75. The van der Waals surface area contributed by atoms with Gasteiger partial charge >= 0.3 is 6.18 Å². The summed E-state index contributed by atoms with van der Waals surface area (Å²) in [6, 6.07) is 0. The van der Waals surface area contributed by atoms with Gasteiger partial charge in [-0.15, -0.1) is 0 Å². The lowest BCUT2D eigenvalue weighted by atomic mass is 9.94. The van der Waals surface area contributed by atoms with Gasteiger partial charge in [0.25, 0.3) is 0 Å². The maximum absolute atomic E-state index is 11.8. The molecule has 0 rings (SSSR count). The van der Waals surface area contributed by atoms with E-state index in [9.17, 15) is 23.1 Å². The zero-order chi connectivity index (χ0) is 13.7. The average Bonchev–Trinajstić information content (AvgIpc) is 2.08. The van der Waals surface area contributed by atoms with Crippen molar-refractivity contribution < 1.29 is 23.1 Å². The number of halogens is 3. The standard InChI is InChI=1S/C11H20F3NO2/c1-8(2)6-10(3,17)7-15-9(16)4-5-11(12,13)14/h8,17H,4-7H2,1-3H3,(H,15,16). The lowest BCUT2D eigenvalue weighted by Gasteiger charge is -2.25. The third-order valence-electron chi connectivity index (χ3n) is 2.15. The Balaban J connectivity index is 3.91. The van der Waals surface area contributed by atoms with Crippen LogP contribution in [0.3, 0.4) is 0 Å². The fourth-order valence-electron chi connectivity index (χ4n) is 1.58. The smallest absolute Gasteiger partial charge is 0.388 e. The molecule has 0 aromatic rings. The van der Waals surface area contributed by atoms with E-state index in [1.54, 1.807) is 6.92 Å². The summed E-state index contributed by atoms with van der Waals surface area (Å²) in [6.07, 6.45) is -5.57. The van der Waals surface area contributed by atoms with E-state index in [1.165, 1.54) is 0 Å². The Hall–Kier alpha value is -0.780. The highest BCUT2D eigenvalue weighted by atomic mass is 19.4. The minimum Gasteiger partial charge on any atom is -0.388 e. The highest BCUT2D eigenvalue weighted by Gasteiger charge is 2.28. The molecule has 0 aromatic heterocycles. The van der Waals surface area contributed by atoms with Crippen LogP contribution in [0.4, 0.5) is 13.2 Å². The number of hydrogen-bond donors (Lipinski definition) is 2.